The third-order valence-corrected chi connectivity index (χ3v) is 2.93. The van der Waals surface area contributed by atoms with Crippen molar-refractivity contribution in [2.45, 2.75) is 12.5 Å². The largest absolute Gasteiger partial charge is 0.348 e. The summed E-state index contributed by atoms with van der Waals surface area (Å²) in [6.45, 7) is 0. The lowest BCUT2D eigenvalue weighted by molar-refractivity contribution is 0.354. The molecule has 0 unspecified atom stereocenters. The standard InChI is InChI=1S/C13H11F2N5O/c14-9-2-1-7(3-10(9)15)12-19-13(21-20-12)11(16)4-8-5-17-6-18-8/h1-3,5-6,11H,4,16H2,(H,17,18)/t11-/m0/s1. The Bertz CT molecular complexity index is 741. The molecule has 0 saturated heterocycles. The van der Waals surface area contributed by atoms with E-state index in [1.165, 1.54) is 6.07 Å². The highest BCUT2D eigenvalue weighted by Gasteiger charge is 2.17. The smallest absolute Gasteiger partial charge is 0.244 e. The van der Waals surface area contributed by atoms with Crippen LogP contribution in [0.4, 0.5) is 8.78 Å². The van der Waals surface area contributed by atoms with E-state index in [0.717, 1.165) is 17.8 Å². The van der Waals surface area contributed by atoms with Gasteiger partial charge >= 0.3 is 0 Å². The summed E-state index contributed by atoms with van der Waals surface area (Å²) in [5, 5.41) is 3.73. The summed E-state index contributed by atoms with van der Waals surface area (Å²) in [6.07, 6.45) is 3.63. The van der Waals surface area contributed by atoms with E-state index in [-0.39, 0.29) is 11.7 Å². The molecule has 1 atom stereocenters. The monoisotopic (exact) mass is 291 g/mol. The SMILES string of the molecule is N[C@@H](Cc1cnc[nH]1)c1nc(-c2ccc(F)c(F)c2)no1. The van der Waals surface area contributed by atoms with Crippen LogP contribution < -0.4 is 5.73 Å². The van der Waals surface area contributed by atoms with Crippen LogP contribution in [0.5, 0.6) is 0 Å². The number of aromatic nitrogens is 4. The summed E-state index contributed by atoms with van der Waals surface area (Å²) >= 11 is 0. The van der Waals surface area contributed by atoms with Crippen molar-refractivity contribution in [3.63, 3.8) is 0 Å². The first-order valence-corrected chi connectivity index (χ1v) is 6.15. The van der Waals surface area contributed by atoms with Gasteiger partial charge in [-0.1, -0.05) is 5.16 Å². The highest BCUT2D eigenvalue weighted by Crippen LogP contribution is 2.21. The van der Waals surface area contributed by atoms with Gasteiger partial charge in [-0.15, -0.1) is 0 Å². The van der Waals surface area contributed by atoms with E-state index < -0.39 is 17.7 Å². The molecule has 0 bridgehead atoms. The molecular weight excluding hydrogens is 280 g/mol. The molecule has 6 nitrogen and oxygen atoms in total. The minimum absolute atomic E-state index is 0.156. The Balaban J connectivity index is 1.80. The quantitative estimate of drug-likeness (QED) is 0.766. The van der Waals surface area contributed by atoms with Crippen molar-refractivity contribution in [3.05, 3.63) is 53.9 Å². The number of aromatic amines is 1. The van der Waals surface area contributed by atoms with Crippen LogP contribution in [-0.2, 0) is 6.42 Å². The molecule has 3 rings (SSSR count). The van der Waals surface area contributed by atoms with Crippen molar-refractivity contribution in [3.8, 4) is 11.4 Å². The molecule has 8 heteroatoms. The summed E-state index contributed by atoms with van der Waals surface area (Å²) < 4.78 is 31.1. The second-order valence-electron chi connectivity index (χ2n) is 4.47. The Morgan fingerprint density at radius 2 is 2.14 bits per heavy atom. The molecule has 0 spiro atoms. The van der Waals surface area contributed by atoms with Crippen LogP contribution in [0.15, 0.2) is 35.2 Å². The predicted octanol–water partition coefficient (Wildman–Crippen LogP) is 1.98. The molecule has 0 fully saturated rings. The summed E-state index contributed by atoms with van der Waals surface area (Å²) in [7, 11) is 0. The number of halogens is 2. The predicted molar refractivity (Wildman–Crippen MR) is 68.9 cm³/mol. The van der Waals surface area contributed by atoms with Crippen molar-refractivity contribution in [1.82, 2.24) is 20.1 Å². The molecule has 3 N–H and O–H groups in total. The summed E-state index contributed by atoms with van der Waals surface area (Å²) in [4.78, 5) is 10.9. The number of rotatable bonds is 4. The minimum atomic E-state index is -0.972. The molecule has 0 aliphatic heterocycles. The maximum absolute atomic E-state index is 13.2. The number of benzene rings is 1. The van der Waals surface area contributed by atoms with Gasteiger partial charge in [0.25, 0.3) is 0 Å². The molecular formula is C13H11F2N5O. The van der Waals surface area contributed by atoms with Gasteiger partial charge in [-0.05, 0) is 18.2 Å². The Morgan fingerprint density at radius 1 is 1.29 bits per heavy atom. The van der Waals surface area contributed by atoms with Crippen LogP contribution in [-0.4, -0.2) is 20.1 Å². The number of nitrogens with one attached hydrogen (secondary N) is 1. The van der Waals surface area contributed by atoms with Crippen LogP contribution in [0, 0.1) is 11.6 Å². The third-order valence-electron chi connectivity index (χ3n) is 2.93. The fraction of sp³-hybridized carbons (Fsp3) is 0.154. The van der Waals surface area contributed by atoms with Gasteiger partial charge < -0.3 is 15.2 Å². The van der Waals surface area contributed by atoms with E-state index in [0.29, 0.717) is 12.0 Å². The van der Waals surface area contributed by atoms with E-state index in [2.05, 4.69) is 20.1 Å². The van der Waals surface area contributed by atoms with Gasteiger partial charge in [-0.25, -0.2) is 13.8 Å². The van der Waals surface area contributed by atoms with E-state index in [1.54, 1.807) is 12.5 Å². The Hall–Kier alpha value is -2.61. The number of hydrogen-bond acceptors (Lipinski definition) is 5. The van der Waals surface area contributed by atoms with E-state index in [9.17, 15) is 8.78 Å². The number of hydrogen-bond donors (Lipinski definition) is 2. The van der Waals surface area contributed by atoms with Crippen LogP contribution in [0.2, 0.25) is 0 Å². The van der Waals surface area contributed by atoms with Crippen LogP contribution in [0.25, 0.3) is 11.4 Å². The molecule has 0 saturated carbocycles. The zero-order valence-corrected chi connectivity index (χ0v) is 10.8. The van der Waals surface area contributed by atoms with Gasteiger partial charge in [0.1, 0.15) is 0 Å². The van der Waals surface area contributed by atoms with E-state index >= 15 is 0 Å². The topological polar surface area (TPSA) is 93.6 Å². The number of imidazole rings is 1. The Labute approximate surface area is 118 Å². The molecule has 21 heavy (non-hydrogen) atoms. The number of nitrogens with zero attached hydrogens (tertiary/aromatic N) is 3. The average Bonchev–Trinajstić information content (AvgIpc) is 3.12. The van der Waals surface area contributed by atoms with Crippen molar-refractivity contribution in [2.24, 2.45) is 5.73 Å². The van der Waals surface area contributed by atoms with Crippen LogP contribution >= 0.6 is 0 Å². The lowest BCUT2D eigenvalue weighted by Gasteiger charge is -2.03. The second-order valence-corrected chi connectivity index (χ2v) is 4.47. The van der Waals surface area contributed by atoms with Crippen molar-refractivity contribution in [2.75, 3.05) is 0 Å². The average molecular weight is 291 g/mol. The molecule has 3 aromatic rings. The lowest BCUT2D eigenvalue weighted by Crippen LogP contribution is -2.14. The summed E-state index contributed by atoms with van der Waals surface area (Å²) in [5.74, 6) is -1.53. The van der Waals surface area contributed by atoms with Gasteiger partial charge in [0.05, 0.1) is 12.4 Å². The van der Waals surface area contributed by atoms with Gasteiger partial charge in [-0.3, -0.25) is 0 Å². The van der Waals surface area contributed by atoms with E-state index in [1.807, 2.05) is 0 Å². The fourth-order valence-corrected chi connectivity index (χ4v) is 1.86. The zero-order valence-electron chi connectivity index (χ0n) is 10.8. The lowest BCUT2D eigenvalue weighted by atomic mass is 10.2. The first kappa shape index (κ1) is 13.4. The fourth-order valence-electron chi connectivity index (χ4n) is 1.86. The molecule has 2 heterocycles. The Morgan fingerprint density at radius 3 is 2.86 bits per heavy atom. The molecule has 2 aromatic heterocycles. The molecule has 1 aromatic carbocycles. The normalized spacial score (nSPS) is 12.5. The van der Waals surface area contributed by atoms with Crippen molar-refractivity contribution in [1.29, 1.82) is 0 Å². The van der Waals surface area contributed by atoms with Crippen molar-refractivity contribution >= 4 is 0 Å². The highest BCUT2D eigenvalue weighted by atomic mass is 19.2. The molecule has 0 amide bonds. The third kappa shape index (κ3) is 2.79. The molecule has 108 valence electrons. The molecule has 0 aliphatic carbocycles. The van der Waals surface area contributed by atoms with Gasteiger partial charge in [0.15, 0.2) is 11.6 Å². The summed E-state index contributed by atoms with van der Waals surface area (Å²) in [5.41, 5.74) is 7.10. The number of H-pyrrole nitrogens is 1. The van der Waals surface area contributed by atoms with Crippen molar-refractivity contribution < 1.29 is 13.3 Å². The molecule has 0 aliphatic rings. The summed E-state index contributed by atoms with van der Waals surface area (Å²) in [6, 6.07) is 2.86. The first-order chi connectivity index (χ1) is 10.1. The van der Waals surface area contributed by atoms with Gasteiger partial charge in [-0.2, -0.15) is 4.98 Å². The zero-order chi connectivity index (χ0) is 14.8. The van der Waals surface area contributed by atoms with Gasteiger partial charge in [0, 0.05) is 23.9 Å². The number of nitrogens with two attached hydrogens (primary N) is 1. The van der Waals surface area contributed by atoms with Crippen LogP contribution in [0.3, 0.4) is 0 Å². The highest BCUT2D eigenvalue weighted by molar-refractivity contribution is 5.54. The Kier molecular flexibility index (Phi) is 3.44. The maximum atomic E-state index is 13.2. The molecule has 0 radical (unpaired) electrons. The minimum Gasteiger partial charge on any atom is -0.348 e. The first-order valence-electron chi connectivity index (χ1n) is 6.15. The second kappa shape index (κ2) is 5.41. The van der Waals surface area contributed by atoms with E-state index in [4.69, 9.17) is 10.3 Å². The maximum Gasteiger partial charge on any atom is 0.244 e. The van der Waals surface area contributed by atoms with Gasteiger partial charge in [0.2, 0.25) is 11.7 Å². The van der Waals surface area contributed by atoms with Crippen LogP contribution in [0.1, 0.15) is 17.6 Å².